The van der Waals surface area contributed by atoms with Crippen molar-refractivity contribution in [2.24, 2.45) is 0 Å². The highest BCUT2D eigenvalue weighted by atomic mass is 19.4. The zero-order chi connectivity index (χ0) is 18.3. The minimum atomic E-state index is -5.02. The number of hydrogen-bond donors (Lipinski definition) is 1. The number of methoxy groups -OCH3 is 1. The summed E-state index contributed by atoms with van der Waals surface area (Å²) >= 11 is 0. The summed E-state index contributed by atoms with van der Waals surface area (Å²) in [5.41, 5.74) is 0.649. The normalized spacial score (nSPS) is 12.4. The number of alkyl halides is 3. The van der Waals surface area contributed by atoms with E-state index in [1.165, 1.54) is 21.3 Å². The molecule has 0 aliphatic rings. The minimum absolute atomic E-state index is 0.0507. The lowest BCUT2D eigenvalue weighted by molar-refractivity contribution is -0.176. The van der Waals surface area contributed by atoms with Crippen LogP contribution in [-0.4, -0.2) is 50.4 Å². The van der Waals surface area contributed by atoms with Gasteiger partial charge in [-0.2, -0.15) is 13.2 Å². The Hall–Kier alpha value is -2.29. The van der Waals surface area contributed by atoms with Crippen molar-refractivity contribution >= 4 is 11.8 Å². The van der Waals surface area contributed by atoms with Crippen LogP contribution >= 0.6 is 0 Å². The molecule has 9 heteroatoms. The fourth-order valence-electron chi connectivity index (χ4n) is 1.93. The molecule has 1 aromatic carbocycles. The van der Waals surface area contributed by atoms with Gasteiger partial charge in [-0.05, 0) is 24.1 Å². The molecule has 0 bridgehead atoms. The van der Waals surface area contributed by atoms with E-state index in [-0.39, 0.29) is 12.8 Å². The van der Waals surface area contributed by atoms with E-state index in [2.05, 4.69) is 0 Å². The lowest BCUT2D eigenvalue weighted by atomic mass is 10.0. The van der Waals surface area contributed by atoms with Crippen molar-refractivity contribution in [1.82, 2.24) is 10.4 Å². The molecular weight excluding hydrogens is 329 g/mol. The van der Waals surface area contributed by atoms with Crippen LogP contribution in [0.1, 0.15) is 12.0 Å². The number of nitrogens with zero attached hydrogens (tertiary/aromatic N) is 1. The Kier molecular flexibility index (Phi) is 7.02. The van der Waals surface area contributed by atoms with Crippen molar-refractivity contribution in [1.29, 1.82) is 0 Å². The Balaban J connectivity index is 2.86. The Morgan fingerprint density at radius 2 is 1.79 bits per heavy atom. The number of halogens is 3. The molecule has 0 unspecified atom stereocenters. The van der Waals surface area contributed by atoms with E-state index in [1.54, 1.807) is 24.3 Å². The molecule has 0 saturated carbocycles. The van der Waals surface area contributed by atoms with Gasteiger partial charge in [0.25, 0.3) is 0 Å². The summed E-state index contributed by atoms with van der Waals surface area (Å²) in [6, 6.07) is 5.55. The summed E-state index contributed by atoms with van der Waals surface area (Å²) in [6.07, 6.45) is -5.30. The van der Waals surface area contributed by atoms with Gasteiger partial charge in [-0.15, -0.1) is 0 Å². The van der Waals surface area contributed by atoms with Crippen molar-refractivity contribution in [3.8, 4) is 5.75 Å². The molecule has 1 aromatic rings. The second-order valence-electron chi connectivity index (χ2n) is 5.00. The van der Waals surface area contributed by atoms with Crippen molar-refractivity contribution < 1.29 is 32.3 Å². The first-order chi connectivity index (χ1) is 11.2. The van der Waals surface area contributed by atoms with Crippen molar-refractivity contribution in [2.75, 3.05) is 21.3 Å². The van der Waals surface area contributed by atoms with Crippen LogP contribution in [0.3, 0.4) is 0 Å². The number of ether oxygens (including phenoxy) is 1. The zero-order valence-corrected chi connectivity index (χ0v) is 13.5. The van der Waals surface area contributed by atoms with Gasteiger partial charge in [-0.3, -0.25) is 14.4 Å². The molecule has 0 heterocycles. The molecule has 1 N–H and O–H groups in total. The quantitative estimate of drug-likeness (QED) is 0.762. The van der Waals surface area contributed by atoms with Gasteiger partial charge in [0.15, 0.2) is 0 Å². The third-order valence-electron chi connectivity index (χ3n) is 3.28. The smallest absolute Gasteiger partial charge is 0.471 e. The van der Waals surface area contributed by atoms with Gasteiger partial charge in [0, 0.05) is 19.5 Å². The molecule has 24 heavy (non-hydrogen) atoms. The first-order valence-corrected chi connectivity index (χ1v) is 6.98. The van der Waals surface area contributed by atoms with Gasteiger partial charge in [-0.25, -0.2) is 5.06 Å². The molecule has 2 amide bonds. The van der Waals surface area contributed by atoms with Crippen molar-refractivity contribution in [3.63, 3.8) is 0 Å². The van der Waals surface area contributed by atoms with Crippen molar-refractivity contribution in [2.45, 2.75) is 25.1 Å². The molecular formula is C15H19F3N2O4. The molecule has 0 aliphatic carbocycles. The van der Waals surface area contributed by atoms with E-state index >= 15 is 0 Å². The topological polar surface area (TPSA) is 67.9 Å². The van der Waals surface area contributed by atoms with E-state index in [0.717, 1.165) is 5.06 Å². The van der Waals surface area contributed by atoms with Crippen LogP contribution in [0.15, 0.2) is 24.3 Å². The fourth-order valence-corrected chi connectivity index (χ4v) is 1.93. The predicted molar refractivity (Wildman–Crippen MR) is 79.1 cm³/mol. The first kappa shape index (κ1) is 19.8. The summed E-state index contributed by atoms with van der Waals surface area (Å²) in [6.45, 7) is 0. The summed E-state index contributed by atoms with van der Waals surface area (Å²) in [5, 5.41) is 2.74. The number of carbonyl (C=O) groups is 2. The standard InChI is InChI=1S/C15H19F3N2O4/c1-20(24-3)13(21)9-11(19-14(22)15(16,17)18)8-10-4-6-12(23-2)7-5-10/h4-7,11H,8-9H2,1-3H3,(H,19,22)/t11-/m1/s1. The summed E-state index contributed by atoms with van der Waals surface area (Å²) < 4.78 is 42.4. The van der Waals surface area contributed by atoms with E-state index in [1.807, 2.05) is 5.32 Å². The summed E-state index contributed by atoms with van der Waals surface area (Å²) in [5.74, 6) is -2.06. The highest BCUT2D eigenvalue weighted by molar-refractivity contribution is 5.83. The SMILES string of the molecule is COc1ccc(C[C@H](CC(=O)N(C)OC)NC(=O)C(F)(F)F)cc1. The first-order valence-electron chi connectivity index (χ1n) is 6.98. The number of amides is 2. The van der Waals surface area contributed by atoms with Crippen LogP contribution in [0.5, 0.6) is 5.75 Å². The fraction of sp³-hybridized carbons (Fsp3) is 0.467. The molecule has 0 radical (unpaired) electrons. The third-order valence-corrected chi connectivity index (χ3v) is 3.28. The Labute approximate surface area is 137 Å². The molecule has 0 saturated heterocycles. The molecule has 1 rings (SSSR count). The van der Waals surface area contributed by atoms with Gasteiger partial charge in [0.1, 0.15) is 5.75 Å². The zero-order valence-electron chi connectivity index (χ0n) is 13.5. The molecule has 1 atom stereocenters. The van der Waals surface area contributed by atoms with E-state index < -0.39 is 24.0 Å². The molecule has 6 nitrogen and oxygen atoms in total. The second kappa shape index (κ2) is 8.53. The largest absolute Gasteiger partial charge is 0.497 e. The van der Waals surface area contributed by atoms with Crippen LogP contribution in [0, 0.1) is 0 Å². The second-order valence-corrected chi connectivity index (χ2v) is 5.00. The minimum Gasteiger partial charge on any atom is -0.497 e. The number of hydrogen-bond acceptors (Lipinski definition) is 4. The van der Waals surface area contributed by atoms with Crippen molar-refractivity contribution in [3.05, 3.63) is 29.8 Å². The number of nitrogens with one attached hydrogen (secondary N) is 1. The van der Waals surface area contributed by atoms with Crippen LogP contribution in [-0.2, 0) is 20.8 Å². The Bertz CT molecular complexity index is 561. The number of hydroxylamine groups is 2. The van der Waals surface area contributed by atoms with E-state index in [9.17, 15) is 22.8 Å². The Morgan fingerprint density at radius 3 is 2.25 bits per heavy atom. The maximum atomic E-state index is 12.5. The average Bonchev–Trinajstić information content (AvgIpc) is 2.53. The van der Waals surface area contributed by atoms with E-state index in [4.69, 9.17) is 9.57 Å². The van der Waals surface area contributed by atoms with Gasteiger partial charge >= 0.3 is 12.1 Å². The highest BCUT2D eigenvalue weighted by Gasteiger charge is 2.40. The lowest BCUT2D eigenvalue weighted by Crippen LogP contribution is -2.46. The van der Waals surface area contributed by atoms with Crippen LogP contribution in [0.4, 0.5) is 13.2 Å². The highest BCUT2D eigenvalue weighted by Crippen LogP contribution is 2.17. The maximum Gasteiger partial charge on any atom is 0.471 e. The average molecular weight is 348 g/mol. The third kappa shape index (κ3) is 6.07. The van der Waals surface area contributed by atoms with Crippen LogP contribution in [0.2, 0.25) is 0 Å². The maximum absolute atomic E-state index is 12.5. The van der Waals surface area contributed by atoms with Crippen LogP contribution in [0.25, 0.3) is 0 Å². The Morgan fingerprint density at radius 1 is 1.21 bits per heavy atom. The monoisotopic (exact) mass is 348 g/mol. The molecule has 0 aromatic heterocycles. The van der Waals surface area contributed by atoms with E-state index in [0.29, 0.717) is 11.3 Å². The number of carbonyl (C=O) groups excluding carboxylic acids is 2. The lowest BCUT2D eigenvalue weighted by Gasteiger charge is -2.22. The molecule has 0 fully saturated rings. The number of benzene rings is 1. The molecule has 0 spiro atoms. The van der Waals surface area contributed by atoms with Gasteiger partial charge in [-0.1, -0.05) is 12.1 Å². The van der Waals surface area contributed by atoms with Crippen LogP contribution < -0.4 is 10.1 Å². The van der Waals surface area contributed by atoms with Gasteiger partial charge in [0.05, 0.1) is 14.2 Å². The summed E-state index contributed by atoms with van der Waals surface area (Å²) in [7, 11) is 4.07. The van der Waals surface area contributed by atoms with Gasteiger partial charge < -0.3 is 10.1 Å². The predicted octanol–water partition coefficient (Wildman–Crippen LogP) is 1.69. The van der Waals surface area contributed by atoms with Gasteiger partial charge in [0.2, 0.25) is 5.91 Å². The summed E-state index contributed by atoms with van der Waals surface area (Å²) in [4.78, 5) is 27.7. The molecule has 0 aliphatic heterocycles. The number of rotatable bonds is 7. The molecule has 134 valence electrons.